The molecule has 0 aromatic heterocycles. The third-order valence-corrected chi connectivity index (χ3v) is 4.05. The Balaban J connectivity index is 2.06. The zero-order valence-corrected chi connectivity index (χ0v) is 14.9. The van der Waals surface area contributed by atoms with E-state index in [0.29, 0.717) is 50.4 Å². The van der Waals surface area contributed by atoms with Gasteiger partial charge in [-0.25, -0.2) is 0 Å². The average Bonchev–Trinajstić information content (AvgIpc) is 2.70. The number of hydrogen-bond donors (Lipinski definition) is 2. The number of amides is 2. The number of hydrogen-bond acceptors (Lipinski definition) is 4. The molecule has 0 saturated carbocycles. The number of rotatable bonds is 9. The second-order valence-corrected chi connectivity index (χ2v) is 5.89. The number of nitrogens with two attached hydrogens (primary N) is 2. The Kier molecular flexibility index (Phi) is 7.79. The van der Waals surface area contributed by atoms with Crippen molar-refractivity contribution in [3.63, 3.8) is 0 Å². The van der Waals surface area contributed by atoms with Crippen LogP contribution in [0.25, 0.3) is 0 Å². The minimum atomic E-state index is -0.0871. The molecule has 138 valence electrons. The molecular weight excluding hydrogens is 328 g/mol. The lowest BCUT2D eigenvalue weighted by Crippen LogP contribution is -2.44. The maximum Gasteiger partial charge on any atom is 0.253 e. The zero-order valence-electron chi connectivity index (χ0n) is 14.9. The van der Waals surface area contributed by atoms with Gasteiger partial charge in [0.25, 0.3) is 11.8 Å². The predicted molar refractivity (Wildman–Crippen MR) is 103 cm³/mol. The van der Waals surface area contributed by atoms with E-state index in [1.54, 1.807) is 34.1 Å². The molecule has 0 heterocycles. The van der Waals surface area contributed by atoms with E-state index < -0.39 is 0 Å². The van der Waals surface area contributed by atoms with Crippen molar-refractivity contribution in [1.29, 1.82) is 0 Å². The van der Waals surface area contributed by atoms with E-state index >= 15 is 0 Å². The van der Waals surface area contributed by atoms with Gasteiger partial charge in [0.1, 0.15) is 0 Å². The van der Waals surface area contributed by atoms with Gasteiger partial charge in [0.2, 0.25) is 0 Å². The first-order valence-electron chi connectivity index (χ1n) is 8.76. The summed E-state index contributed by atoms with van der Waals surface area (Å²) in [6, 6.07) is 18.1. The van der Waals surface area contributed by atoms with Crippen LogP contribution in [0.3, 0.4) is 0 Å². The van der Waals surface area contributed by atoms with Crippen LogP contribution in [0.15, 0.2) is 60.7 Å². The van der Waals surface area contributed by atoms with Crippen molar-refractivity contribution in [3.8, 4) is 0 Å². The minimum absolute atomic E-state index is 0.0871. The maximum absolute atomic E-state index is 12.7. The Labute approximate surface area is 154 Å². The summed E-state index contributed by atoms with van der Waals surface area (Å²) in [6.07, 6.45) is 0. The fraction of sp³-hybridized carbons (Fsp3) is 0.300. The van der Waals surface area contributed by atoms with Crippen LogP contribution in [0, 0.1) is 0 Å². The van der Waals surface area contributed by atoms with E-state index in [-0.39, 0.29) is 11.8 Å². The molecule has 2 aromatic carbocycles. The van der Waals surface area contributed by atoms with Crippen molar-refractivity contribution < 1.29 is 9.59 Å². The molecule has 0 atom stereocenters. The Hall–Kier alpha value is -2.70. The highest BCUT2D eigenvalue weighted by Crippen LogP contribution is 2.07. The van der Waals surface area contributed by atoms with Crippen LogP contribution in [0.2, 0.25) is 0 Å². The van der Waals surface area contributed by atoms with Crippen molar-refractivity contribution in [3.05, 3.63) is 71.8 Å². The van der Waals surface area contributed by atoms with Gasteiger partial charge in [-0.15, -0.1) is 0 Å². The lowest BCUT2D eigenvalue weighted by molar-refractivity contribution is 0.0669. The highest BCUT2D eigenvalue weighted by molar-refractivity contribution is 5.95. The molecule has 0 aliphatic carbocycles. The average molecular weight is 354 g/mol. The first-order valence-corrected chi connectivity index (χ1v) is 8.76. The fourth-order valence-electron chi connectivity index (χ4n) is 2.71. The van der Waals surface area contributed by atoms with E-state index in [2.05, 4.69) is 0 Å². The van der Waals surface area contributed by atoms with Crippen molar-refractivity contribution in [2.24, 2.45) is 11.5 Å². The van der Waals surface area contributed by atoms with Crippen LogP contribution >= 0.6 is 0 Å². The van der Waals surface area contributed by atoms with Gasteiger partial charge in [-0.3, -0.25) is 9.59 Å². The summed E-state index contributed by atoms with van der Waals surface area (Å²) in [6.45, 7) is 2.41. The number of carbonyl (C=O) groups excluding carboxylic acids is 2. The summed E-state index contributed by atoms with van der Waals surface area (Å²) in [7, 11) is 0. The molecule has 0 unspecified atom stereocenters. The summed E-state index contributed by atoms with van der Waals surface area (Å²) in [5.74, 6) is -0.174. The molecule has 26 heavy (non-hydrogen) atoms. The maximum atomic E-state index is 12.7. The van der Waals surface area contributed by atoms with Gasteiger partial charge in [0.05, 0.1) is 0 Å². The summed E-state index contributed by atoms with van der Waals surface area (Å²) in [4.78, 5) is 28.7. The molecule has 0 aliphatic rings. The highest BCUT2D eigenvalue weighted by atomic mass is 16.2. The molecule has 2 aromatic rings. The normalized spacial score (nSPS) is 10.4. The van der Waals surface area contributed by atoms with Crippen molar-refractivity contribution >= 4 is 11.8 Å². The van der Waals surface area contributed by atoms with Gasteiger partial charge in [-0.2, -0.15) is 0 Å². The molecule has 6 nitrogen and oxygen atoms in total. The molecule has 6 heteroatoms. The third kappa shape index (κ3) is 5.40. The second kappa shape index (κ2) is 10.3. The van der Waals surface area contributed by atoms with E-state index in [0.717, 1.165) is 0 Å². The second-order valence-electron chi connectivity index (χ2n) is 5.89. The summed E-state index contributed by atoms with van der Waals surface area (Å²) >= 11 is 0. The van der Waals surface area contributed by atoms with Gasteiger partial charge in [0.15, 0.2) is 0 Å². The Morgan fingerprint density at radius 3 is 1.27 bits per heavy atom. The van der Waals surface area contributed by atoms with Crippen molar-refractivity contribution in [2.75, 3.05) is 39.3 Å². The summed E-state index contributed by atoms with van der Waals surface area (Å²) in [5, 5.41) is 0. The minimum Gasteiger partial charge on any atom is -0.336 e. The first kappa shape index (κ1) is 19.6. The smallest absolute Gasteiger partial charge is 0.253 e. The predicted octanol–water partition coefficient (Wildman–Crippen LogP) is 1.19. The molecule has 0 aliphatic heterocycles. The molecule has 0 fully saturated rings. The van der Waals surface area contributed by atoms with Crippen LogP contribution < -0.4 is 11.5 Å². The van der Waals surface area contributed by atoms with Gasteiger partial charge >= 0.3 is 0 Å². The number of nitrogens with zero attached hydrogens (tertiary/aromatic N) is 2. The third-order valence-electron chi connectivity index (χ3n) is 4.05. The Morgan fingerprint density at radius 2 is 0.962 bits per heavy atom. The molecule has 0 saturated heterocycles. The summed E-state index contributed by atoms with van der Waals surface area (Å²) in [5.41, 5.74) is 12.6. The van der Waals surface area contributed by atoms with E-state index in [4.69, 9.17) is 11.5 Å². The standard InChI is InChI=1S/C20H26N4O2/c21-11-13-23(19(25)17-7-3-1-4-8-17)15-16-24(14-12-22)20(26)18-9-5-2-6-10-18/h1-10H,11-16,21-22H2. The van der Waals surface area contributed by atoms with Gasteiger partial charge in [-0.05, 0) is 24.3 Å². The van der Waals surface area contributed by atoms with Gasteiger partial charge in [-0.1, -0.05) is 36.4 Å². The molecular formula is C20H26N4O2. The van der Waals surface area contributed by atoms with E-state index in [9.17, 15) is 9.59 Å². The molecule has 0 radical (unpaired) electrons. The quantitative estimate of drug-likeness (QED) is 0.707. The Bertz CT molecular complexity index is 630. The van der Waals surface area contributed by atoms with Crippen molar-refractivity contribution in [2.45, 2.75) is 0 Å². The van der Waals surface area contributed by atoms with Gasteiger partial charge < -0.3 is 21.3 Å². The summed E-state index contributed by atoms with van der Waals surface area (Å²) < 4.78 is 0. The lowest BCUT2D eigenvalue weighted by Gasteiger charge is -2.27. The zero-order chi connectivity index (χ0) is 18.8. The number of benzene rings is 2. The van der Waals surface area contributed by atoms with Crippen LogP contribution in [0.5, 0.6) is 0 Å². The monoisotopic (exact) mass is 354 g/mol. The number of carbonyl (C=O) groups is 2. The molecule has 2 rings (SSSR count). The van der Waals surface area contributed by atoms with E-state index in [1.165, 1.54) is 0 Å². The lowest BCUT2D eigenvalue weighted by atomic mass is 10.2. The topological polar surface area (TPSA) is 92.7 Å². The van der Waals surface area contributed by atoms with Crippen LogP contribution in [0.4, 0.5) is 0 Å². The van der Waals surface area contributed by atoms with Crippen LogP contribution in [-0.4, -0.2) is 60.9 Å². The van der Waals surface area contributed by atoms with Crippen LogP contribution in [0.1, 0.15) is 20.7 Å². The van der Waals surface area contributed by atoms with E-state index in [1.807, 2.05) is 36.4 Å². The fourth-order valence-corrected chi connectivity index (χ4v) is 2.71. The van der Waals surface area contributed by atoms with Crippen LogP contribution in [-0.2, 0) is 0 Å². The highest BCUT2D eigenvalue weighted by Gasteiger charge is 2.19. The Morgan fingerprint density at radius 1 is 0.615 bits per heavy atom. The molecule has 0 spiro atoms. The van der Waals surface area contributed by atoms with Gasteiger partial charge in [0, 0.05) is 50.4 Å². The first-order chi connectivity index (χ1) is 12.7. The van der Waals surface area contributed by atoms with Crippen molar-refractivity contribution in [1.82, 2.24) is 9.80 Å². The largest absolute Gasteiger partial charge is 0.336 e. The molecule has 0 bridgehead atoms. The molecule has 2 amide bonds. The molecule has 4 N–H and O–H groups in total. The SMILES string of the molecule is NCCN(CCN(CCN)C(=O)c1ccccc1)C(=O)c1ccccc1.